The zero-order valence-corrected chi connectivity index (χ0v) is 14.3. The van der Waals surface area contributed by atoms with Gasteiger partial charge in [-0.3, -0.25) is 9.69 Å². The third-order valence-electron chi connectivity index (χ3n) is 5.55. The topological polar surface area (TPSA) is 78.4 Å². The first-order valence-electron chi connectivity index (χ1n) is 8.72. The third kappa shape index (κ3) is 2.25. The average molecular weight is 329 g/mol. The van der Waals surface area contributed by atoms with Gasteiger partial charge in [0.1, 0.15) is 17.2 Å². The van der Waals surface area contributed by atoms with Crippen molar-refractivity contribution in [3.8, 4) is 0 Å². The summed E-state index contributed by atoms with van der Waals surface area (Å²) in [6.45, 7) is 3.39. The summed E-state index contributed by atoms with van der Waals surface area (Å²) >= 11 is 0. The molecule has 2 saturated heterocycles. The fourth-order valence-corrected chi connectivity index (χ4v) is 4.15. The van der Waals surface area contributed by atoms with Gasteiger partial charge in [-0.15, -0.1) is 0 Å². The van der Waals surface area contributed by atoms with Crippen LogP contribution in [0.5, 0.6) is 0 Å². The quantitative estimate of drug-likeness (QED) is 0.783. The second kappa shape index (κ2) is 5.43. The zero-order valence-electron chi connectivity index (χ0n) is 14.3. The number of piperidine rings is 1. The fraction of sp³-hybridized carbons (Fsp3) is 0.647. The molecule has 2 aliphatic heterocycles. The van der Waals surface area contributed by atoms with E-state index in [0.29, 0.717) is 12.8 Å². The zero-order chi connectivity index (χ0) is 16.9. The van der Waals surface area contributed by atoms with E-state index in [0.717, 1.165) is 37.6 Å². The second-order valence-electron chi connectivity index (χ2n) is 7.09. The van der Waals surface area contributed by atoms with Gasteiger partial charge in [-0.2, -0.15) is 0 Å². The van der Waals surface area contributed by atoms with Crippen LogP contribution in [0, 0.1) is 6.92 Å². The molecule has 0 bridgehead atoms. The van der Waals surface area contributed by atoms with Crippen LogP contribution in [0.4, 0.5) is 10.6 Å². The highest BCUT2D eigenvalue weighted by Gasteiger charge is 2.51. The molecule has 128 valence electrons. The van der Waals surface area contributed by atoms with Gasteiger partial charge in [-0.25, -0.2) is 14.8 Å². The Bertz CT molecular complexity index is 709. The van der Waals surface area contributed by atoms with E-state index >= 15 is 0 Å². The van der Waals surface area contributed by atoms with Crippen LogP contribution in [0.1, 0.15) is 42.8 Å². The fourth-order valence-electron chi connectivity index (χ4n) is 4.15. The van der Waals surface area contributed by atoms with E-state index in [1.54, 1.807) is 7.05 Å². The number of imide groups is 1. The van der Waals surface area contributed by atoms with E-state index in [2.05, 4.69) is 15.2 Å². The maximum atomic E-state index is 12.4. The van der Waals surface area contributed by atoms with Crippen molar-refractivity contribution in [2.24, 2.45) is 0 Å². The summed E-state index contributed by atoms with van der Waals surface area (Å²) in [6, 6.07) is -0.288. The summed E-state index contributed by atoms with van der Waals surface area (Å²) in [4.78, 5) is 37.0. The van der Waals surface area contributed by atoms with Gasteiger partial charge in [0.05, 0.1) is 0 Å². The maximum Gasteiger partial charge on any atom is 0.324 e. The van der Waals surface area contributed by atoms with E-state index in [1.807, 2.05) is 6.92 Å². The number of aromatic nitrogens is 2. The Hall–Kier alpha value is -2.18. The van der Waals surface area contributed by atoms with E-state index in [-0.39, 0.29) is 11.9 Å². The molecule has 24 heavy (non-hydrogen) atoms. The Labute approximate surface area is 141 Å². The van der Waals surface area contributed by atoms with Crippen LogP contribution in [-0.2, 0) is 17.6 Å². The largest absolute Gasteiger partial charge is 0.356 e. The van der Waals surface area contributed by atoms with Crippen LogP contribution in [-0.4, -0.2) is 52.5 Å². The molecule has 3 aliphatic rings. The molecule has 3 amide bonds. The van der Waals surface area contributed by atoms with Crippen molar-refractivity contribution in [1.29, 1.82) is 0 Å². The second-order valence-corrected chi connectivity index (χ2v) is 7.09. The Kier molecular flexibility index (Phi) is 3.47. The van der Waals surface area contributed by atoms with Crippen molar-refractivity contribution in [3.63, 3.8) is 0 Å². The highest BCUT2D eigenvalue weighted by Crippen LogP contribution is 2.34. The van der Waals surface area contributed by atoms with Gasteiger partial charge >= 0.3 is 6.03 Å². The monoisotopic (exact) mass is 329 g/mol. The molecule has 1 aromatic heterocycles. The lowest BCUT2D eigenvalue weighted by molar-refractivity contribution is -0.131. The minimum Gasteiger partial charge on any atom is -0.356 e. The van der Waals surface area contributed by atoms with E-state index < -0.39 is 5.54 Å². The Morgan fingerprint density at radius 3 is 2.46 bits per heavy atom. The number of amides is 3. The third-order valence-corrected chi connectivity index (χ3v) is 5.55. The first-order valence-corrected chi connectivity index (χ1v) is 8.72. The van der Waals surface area contributed by atoms with Gasteiger partial charge in [0.25, 0.3) is 5.91 Å². The molecule has 0 saturated carbocycles. The summed E-state index contributed by atoms with van der Waals surface area (Å²) in [5.74, 6) is 1.75. The van der Waals surface area contributed by atoms with Gasteiger partial charge in [-0.1, -0.05) is 0 Å². The van der Waals surface area contributed by atoms with Gasteiger partial charge in [0, 0.05) is 31.4 Å². The number of fused-ring (bicyclic) bond motifs is 1. The lowest BCUT2D eigenvalue weighted by Crippen LogP contribution is -2.55. The number of anilines is 1. The number of carbonyl (C=O) groups excluding carboxylic acids is 2. The van der Waals surface area contributed by atoms with Crippen LogP contribution in [0.25, 0.3) is 0 Å². The summed E-state index contributed by atoms with van der Waals surface area (Å²) in [5, 5.41) is 2.89. The molecule has 0 radical (unpaired) electrons. The highest BCUT2D eigenvalue weighted by molar-refractivity contribution is 6.06. The molecule has 1 aromatic rings. The van der Waals surface area contributed by atoms with Gasteiger partial charge in [0.2, 0.25) is 0 Å². The molecule has 0 unspecified atom stereocenters. The molecule has 0 atom stereocenters. The summed E-state index contributed by atoms with van der Waals surface area (Å²) in [7, 11) is 1.54. The van der Waals surface area contributed by atoms with Crippen molar-refractivity contribution in [1.82, 2.24) is 20.2 Å². The summed E-state index contributed by atoms with van der Waals surface area (Å²) in [6.07, 6.45) is 5.69. The number of aryl methyl sites for hydroxylation is 2. The van der Waals surface area contributed by atoms with Crippen molar-refractivity contribution in [3.05, 3.63) is 17.1 Å². The molecule has 2 fully saturated rings. The van der Waals surface area contributed by atoms with Crippen LogP contribution in [0.2, 0.25) is 0 Å². The van der Waals surface area contributed by atoms with Crippen LogP contribution >= 0.6 is 0 Å². The van der Waals surface area contributed by atoms with Gasteiger partial charge in [0.15, 0.2) is 0 Å². The molecular weight excluding hydrogens is 306 g/mol. The highest BCUT2D eigenvalue weighted by atomic mass is 16.2. The first kappa shape index (κ1) is 15.4. The molecule has 1 N–H and O–H groups in total. The Balaban J connectivity index is 1.58. The van der Waals surface area contributed by atoms with Crippen molar-refractivity contribution >= 4 is 17.8 Å². The molecule has 4 rings (SSSR count). The number of carbonyl (C=O) groups is 2. The molecule has 0 aromatic carbocycles. The Morgan fingerprint density at radius 1 is 1.08 bits per heavy atom. The molecule has 3 heterocycles. The standard InChI is InChI=1S/C17H23N5O2/c1-11-18-13-6-4-3-5-12(13)14(19-11)22-9-7-17(8-10-22)15(23)21(2)16(24)20-17/h3-10H2,1-2H3,(H,20,24). The molecular formula is C17H23N5O2. The number of nitrogens with zero attached hydrogens (tertiary/aromatic N) is 4. The first-order chi connectivity index (χ1) is 11.5. The molecule has 7 heteroatoms. The summed E-state index contributed by atoms with van der Waals surface area (Å²) < 4.78 is 0. The van der Waals surface area contributed by atoms with Crippen LogP contribution < -0.4 is 10.2 Å². The summed E-state index contributed by atoms with van der Waals surface area (Å²) in [5.41, 5.74) is 1.75. The molecule has 1 aliphatic carbocycles. The van der Waals surface area contributed by atoms with Crippen LogP contribution in [0.3, 0.4) is 0 Å². The van der Waals surface area contributed by atoms with E-state index in [9.17, 15) is 9.59 Å². The maximum absolute atomic E-state index is 12.4. The number of likely N-dealkylation sites (N-methyl/N-ethyl adjacent to an activating group) is 1. The molecule has 7 nitrogen and oxygen atoms in total. The smallest absolute Gasteiger partial charge is 0.324 e. The molecule has 1 spiro atoms. The lowest BCUT2D eigenvalue weighted by Gasteiger charge is -2.39. The van der Waals surface area contributed by atoms with Crippen molar-refractivity contribution in [2.75, 3.05) is 25.0 Å². The average Bonchev–Trinajstić information content (AvgIpc) is 2.79. The minimum atomic E-state index is -0.718. The number of hydrogen-bond acceptors (Lipinski definition) is 5. The lowest BCUT2D eigenvalue weighted by atomic mass is 9.87. The Morgan fingerprint density at radius 2 is 1.79 bits per heavy atom. The van der Waals surface area contributed by atoms with E-state index in [4.69, 9.17) is 4.98 Å². The van der Waals surface area contributed by atoms with Crippen LogP contribution in [0.15, 0.2) is 0 Å². The van der Waals surface area contributed by atoms with Crippen molar-refractivity contribution < 1.29 is 9.59 Å². The number of nitrogens with one attached hydrogen (secondary N) is 1. The minimum absolute atomic E-state index is 0.104. The predicted octanol–water partition coefficient (Wildman–Crippen LogP) is 1.18. The predicted molar refractivity (Wildman–Crippen MR) is 88.9 cm³/mol. The number of urea groups is 1. The SMILES string of the molecule is Cc1nc2c(c(N3CCC4(CC3)NC(=O)N(C)C4=O)n1)CCCC2. The van der Waals surface area contributed by atoms with Crippen molar-refractivity contribution in [2.45, 2.75) is 51.0 Å². The number of hydrogen-bond donors (Lipinski definition) is 1. The number of rotatable bonds is 1. The van der Waals surface area contributed by atoms with Gasteiger partial charge < -0.3 is 10.2 Å². The van der Waals surface area contributed by atoms with E-state index in [1.165, 1.54) is 29.0 Å². The normalized spacial score (nSPS) is 22.8. The van der Waals surface area contributed by atoms with Gasteiger partial charge in [-0.05, 0) is 45.4 Å².